The second kappa shape index (κ2) is 8.99. The summed E-state index contributed by atoms with van der Waals surface area (Å²) in [5.41, 5.74) is 2.39. The highest BCUT2D eigenvalue weighted by Crippen LogP contribution is 2.27. The van der Waals surface area contributed by atoms with Gasteiger partial charge in [-0.2, -0.15) is 5.10 Å². The Morgan fingerprint density at radius 1 is 1.03 bits per heavy atom. The summed E-state index contributed by atoms with van der Waals surface area (Å²) < 4.78 is 10.4. The zero-order chi connectivity index (χ0) is 24.5. The summed E-state index contributed by atoms with van der Waals surface area (Å²) >= 11 is 1.29. The van der Waals surface area contributed by atoms with Gasteiger partial charge in [-0.25, -0.2) is 14.4 Å². The van der Waals surface area contributed by atoms with Crippen LogP contribution in [-0.2, 0) is 7.05 Å². The van der Waals surface area contributed by atoms with Crippen molar-refractivity contribution in [3.05, 3.63) is 98.7 Å². The topological polar surface area (TPSA) is 110 Å². The summed E-state index contributed by atoms with van der Waals surface area (Å²) in [6, 6.07) is 17.5. The van der Waals surface area contributed by atoms with Gasteiger partial charge >= 0.3 is 0 Å². The molecule has 0 unspecified atom stereocenters. The molecule has 2 N–H and O–H groups in total. The van der Waals surface area contributed by atoms with Crippen molar-refractivity contribution in [1.82, 2.24) is 14.0 Å². The van der Waals surface area contributed by atoms with Gasteiger partial charge in [0.1, 0.15) is 5.69 Å². The van der Waals surface area contributed by atoms with Crippen molar-refractivity contribution in [3.63, 3.8) is 0 Å². The number of hydrogen-bond acceptors (Lipinski definition) is 7. The Bertz CT molecular complexity index is 1650. The lowest BCUT2D eigenvalue weighted by Crippen LogP contribution is -2.19. The molecular weight excluding hydrogens is 466 g/mol. The van der Waals surface area contributed by atoms with Gasteiger partial charge in [-0.3, -0.25) is 9.48 Å². The maximum Gasteiger partial charge on any atom is 0.297 e. The highest BCUT2D eigenvalue weighted by molar-refractivity contribution is 7.07. The molecular formula is C25H21N5O4S. The van der Waals surface area contributed by atoms with Crippen LogP contribution in [0.3, 0.4) is 0 Å². The van der Waals surface area contributed by atoms with Crippen molar-refractivity contribution < 1.29 is 14.6 Å². The number of phenolic OH excluding ortho intramolecular Hbond substituents is 2. The second-order valence-electron chi connectivity index (χ2n) is 7.67. The van der Waals surface area contributed by atoms with Crippen molar-refractivity contribution in [3.8, 4) is 28.6 Å². The zero-order valence-corrected chi connectivity index (χ0v) is 19.7. The van der Waals surface area contributed by atoms with Crippen LogP contribution in [0.5, 0.6) is 11.5 Å². The van der Waals surface area contributed by atoms with E-state index in [9.17, 15) is 15.0 Å². The van der Waals surface area contributed by atoms with Crippen LogP contribution >= 0.6 is 11.3 Å². The quantitative estimate of drug-likeness (QED) is 0.287. The molecule has 35 heavy (non-hydrogen) atoms. The third kappa shape index (κ3) is 4.00. The van der Waals surface area contributed by atoms with Gasteiger partial charge in [0, 0.05) is 18.0 Å². The van der Waals surface area contributed by atoms with Crippen LogP contribution in [0.25, 0.3) is 17.1 Å². The van der Waals surface area contributed by atoms with E-state index in [0.717, 1.165) is 5.69 Å². The summed E-state index contributed by atoms with van der Waals surface area (Å²) in [6.07, 6.45) is 2.96. The van der Waals surface area contributed by atoms with E-state index in [2.05, 4.69) is 10.1 Å². The van der Waals surface area contributed by atoms with E-state index in [1.54, 1.807) is 39.9 Å². The summed E-state index contributed by atoms with van der Waals surface area (Å²) in [5.74, 6) is 0.0306. The standard InChI is InChI=1S/C25H21N5O4S/c1-16-22(24(33)30(28(16)2)18-9-4-3-5-10-18)27-25-29(19(15-35-25)21-12-7-13-34-21)26-14-17-8-6-11-20(31)23(17)32/h3-15,31-32H,1-2H3. The Morgan fingerprint density at radius 2 is 1.83 bits per heavy atom. The van der Waals surface area contributed by atoms with Gasteiger partial charge in [0.2, 0.25) is 4.80 Å². The van der Waals surface area contributed by atoms with Crippen LogP contribution in [0.1, 0.15) is 11.3 Å². The summed E-state index contributed by atoms with van der Waals surface area (Å²) in [7, 11) is 1.81. The van der Waals surface area contributed by atoms with Gasteiger partial charge in [-0.15, -0.1) is 11.3 Å². The molecule has 0 fully saturated rings. The van der Waals surface area contributed by atoms with E-state index in [1.165, 1.54) is 28.3 Å². The van der Waals surface area contributed by atoms with E-state index in [-0.39, 0.29) is 22.7 Å². The summed E-state index contributed by atoms with van der Waals surface area (Å²) in [5, 5.41) is 26.3. The second-order valence-corrected chi connectivity index (χ2v) is 8.51. The SMILES string of the molecule is Cc1c(N=c2scc(-c3ccco3)n2N=Cc2cccc(O)c2O)c(=O)n(-c2ccccc2)n1C. The average Bonchev–Trinajstić information content (AvgIpc) is 3.57. The molecule has 3 aromatic heterocycles. The minimum atomic E-state index is -0.283. The van der Waals surface area contributed by atoms with Crippen molar-refractivity contribution >= 4 is 23.2 Å². The fraction of sp³-hybridized carbons (Fsp3) is 0.0800. The Hall–Kier alpha value is -4.57. The predicted octanol–water partition coefficient (Wildman–Crippen LogP) is 4.13. The molecule has 2 aromatic carbocycles. The Balaban J connectivity index is 1.69. The molecule has 0 amide bonds. The third-order valence-electron chi connectivity index (χ3n) is 5.55. The van der Waals surface area contributed by atoms with Crippen LogP contribution in [-0.4, -0.2) is 30.5 Å². The van der Waals surface area contributed by atoms with Gasteiger partial charge in [0.15, 0.2) is 22.9 Å². The Kier molecular flexibility index (Phi) is 5.71. The highest BCUT2D eigenvalue weighted by atomic mass is 32.1. The molecule has 0 atom stereocenters. The molecule has 0 saturated carbocycles. The molecule has 0 aliphatic heterocycles. The lowest BCUT2D eigenvalue weighted by molar-refractivity contribution is 0.403. The lowest BCUT2D eigenvalue weighted by Gasteiger charge is -2.07. The molecule has 0 aliphatic carbocycles. The summed E-state index contributed by atoms with van der Waals surface area (Å²) in [6.45, 7) is 1.83. The van der Waals surface area contributed by atoms with Crippen LogP contribution in [0.4, 0.5) is 5.69 Å². The van der Waals surface area contributed by atoms with Crippen LogP contribution in [0.2, 0.25) is 0 Å². The van der Waals surface area contributed by atoms with E-state index >= 15 is 0 Å². The van der Waals surface area contributed by atoms with Crippen molar-refractivity contribution in [2.24, 2.45) is 17.1 Å². The molecule has 10 heteroatoms. The first-order valence-electron chi connectivity index (χ1n) is 10.6. The number of hydrogen-bond donors (Lipinski definition) is 2. The number of aromatic hydroxyl groups is 2. The smallest absolute Gasteiger partial charge is 0.297 e. The van der Waals surface area contributed by atoms with Gasteiger partial charge in [0.05, 0.1) is 23.9 Å². The molecule has 0 bridgehead atoms. The Morgan fingerprint density at radius 3 is 2.57 bits per heavy atom. The maximum atomic E-state index is 13.3. The van der Waals surface area contributed by atoms with Crippen molar-refractivity contribution in [2.45, 2.75) is 6.92 Å². The number of benzene rings is 2. The van der Waals surface area contributed by atoms with E-state index < -0.39 is 0 Å². The van der Waals surface area contributed by atoms with E-state index in [4.69, 9.17) is 4.42 Å². The normalized spacial score (nSPS) is 12.1. The maximum absolute atomic E-state index is 13.3. The molecule has 0 aliphatic rings. The third-order valence-corrected chi connectivity index (χ3v) is 6.36. The van der Waals surface area contributed by atoms with Crippen LogP contribution in [0.15, 0.2) is 91.6 Å². The zero-order valence-electron chi connectivity index (χ0n) is 18.9. The number of para-hydroxylation sites is 2. The van der Waals surface area contributed by atoms with E-state index in [0.29, 0.717) is 27.5 Å². The van der Waals surface area contributed by atoms with Crippen molar-refractivity contribution in [1.29, 1.82) is 0 Å². The van der Waals surface area contributed by atoms with Crippen LogP contribution in [0, 0.1) is 6.92 Å². The summed E-state index contributed by atoms with van der Waals surface area (Å²) in [4.78, 5) is 18.5. The molecule has 5 aromatic rings. The average molecular weight is 488 g/mol. The van der Waals surface area contributed by atoms with Gasteiger partial charge < -0.3 is 14.6 Å². The number of phenols is 2. The molecule has 176 valence electrons. The number of nitrogens with zero attached hydrogens (tertiary/aromatic N) is 5. The predicted molar refractivity (Wildman–Crippen MR) is 134 cm³/mol. The molecule has 9 nitrogen and oxygen atoms in total. The van der Waals surface area contributed by atoms with Crippen LogP contribution < -0.4 is 10.4 Å². The van der Waals surface area contributed by atoms with Crippen molar-refractivity contribution in [2.75, 3.05) is 0 Å². The van der Waals surface area contributed by atoms with E-state index in [1.807, 2.05) is 49.7 Å². The number of aromatic nitrogens is 3. The number of furan rings is 1. The van der Waals surface area contributed by atoms with Gasteiger partial charge in [-0.05, 0) is 43.3 Å². The first kappa shape index (κ1) is 22.2. The molecule has 0 saturated heterocycles. The fourth-order valence-corrected chi connectivity index (χ4v) is 4.46. The fourth-order valence-electron chi connectivity index (χ4n) is 3.63. The number of thiazole rings is 1. The number of rotatable bonds is 5. The minimum absolute atomic E-state index is 0.248. The first-order chi connectivity index (χ1) is 17.0. The first-order valence-corrected chi connectivity index (χ1v) is 11.5. The molecule has 3 heterocycles. The largest absolute Gasteiger partial charge is 0.504 e. The molecule has 5 rings (SSSR count). The van der Waals surface area contributed by atoms with Gasteiger partial charge in [-0.1, -0.05) is 24.3 Å². The lowest BCUT2D eigenvalue weighted by atomic mass is 10.2. The monoisotopic (exact) mass is 487 g/mol. The molecule has 0 radical (unpaired) electrons. The Labute approximate surface area is 203 Å². The minimum Gasteiger partial charge on any atom is -0.504 e. The van der Waals surface area contributed by atoms with Gasteiger partial charge in [0.25, 0.3) is 5.56 Å². The molecule has 0 spiro atoms. The highest BCUT2D eigenvalue weighted by Gasteiger charge is 2.17.